The average molecular weight is 292 g/mol. The quantitative estimate of drug-likeness (QED) is 0.627. The van der Waals surface area contributed by atoms with Crippen LogP contribution in [0.25, 0.3) is 0 Å². The smallest absolute Gasteiger partial charge is 0.219 e. The summed E-state index contributed by atoms with van der Waals surface area (Å²) in [5.41, 5.74) is 1.19. The van der Waals surface area contributed by atoms with Crippen molar-refractivity contribution >= 4 is 23.5 Å². The minimum absolute atomic E-state index is 0.163. The third-order valence-electron chi connectivity index (χ3n) is 3.94. The Labute approximate surface area is 123 Å². The Hall–Kier alpha value is -1.30. The molecule has 2 aliphatic rings. The number of rotatable bonds is 3. The first-order valence-corrected chi connectivity index (χ1v) is 8.33. The van der Waals surface area contributed by atoms with E-state index in [-0.39, 0.29) is 5.91 Å². The van der Waals surface area contributed by atoms with E-state index in [0.717, 1.165) is 37.2 Å². The van der Waals surface area contributed by atoms with Gasteiger partial charge in [0.1, 0.15) is 5.82 Å². The Balaban J connectivity index is 1.76. The second-order valence-electron chi connectivity index (χ2n) is 5.41. The average Bonchev–Trinajstić information content (AvgIpc) is 3.31. The Morgan fingerprint density at radius 2 is 1.95 bits per heavy atom. The molecular weight excluding hydrogens is 272 g/mol. The lowest BCUT2D eigenvalue weighted by Crippen LogP contribution is -2.48. The summed E-state index contributed by atoms with van der Waals surface area (Å²) in [6, 6.07) is 2.14. The minimum Gasteiger partial charge on any atom is -0.353 e. The molecule has 1 aromatic rings. The zero-order valence-corrected chi connectivity index (χ0v) is 12.8. The standard InChI is InChI=1S/C14H20N4OS/c1-10(19)17-5-7-18(8-6-17)13-9-12(11-3-4-11)15-14(16-13)20-2/h9,11H,3-8H2,1-2H3. The van der Waals surface area contributed by atoms with Crippen LogP contribution in [0.4, 0.5) is 5.82 Å². The molecule has 2 heterocycles. The second-order valence-corrected chi connectivity index (χ2v) is 6.18. The molecule has 0 radical (unpaired) electrons. The summed E-state index contributed by atoms with van der Waals surface area (Å²) in [5, 5.41) is 0.860. The summed E-state index contributed by atoms with van der Waals surface area (Å²) < 4.78 is 0. The third kappa shape index (κ3) is 2.90. The van der Waals surface area contributed by atoms with Gasteiger partial charge in [0, 0.05) is 45.1 Å². The van der Waals surface area contributed by atoms with Gasteiger partial charge in [-0.25, -0.2) is 9.97 Å². The van der Waals surface area contributed by atoms with Gasteiger partial charge in [-0.05, 0) is 19.1 Å². The molecule has 0 bridgehead atoms. The van der Waals surface area contributed by atoms with Gasteiger partial charge in [-0.1, -0.05) is 11.8 Å². The number of hydrogen-bond acceptors (Lipinski definition) is 5. The van der Waals surface area contributed by atoms with Crippen molar-refractivity contribution in [1.29, 1.82) is 0 Å². The van der Waals surface area contributed by atoms with E-state index in [1.807, 2.05) is 11.2 Å². The van der Waals surface area contributed by atoms with Crippen molar-refractivity contribution in [3.05, 3.63) is 11.8 Å². The van der Waals surface area contributed by atoms with Gasteiger partial charge in [0.05, 0.1) is 5.69 Å². The molecule has 0 unspecified atom stereocenters. The van der Waals surface area contributed by atoms with Crippen LogP contribution in [0.15, 0.2) is 11.2 Å². The van der Waals surface area contributed by atoms with E-state index < -0.39 is 0 Å². The van der Waals surface area contributed by atoms with Gasteiger partial charge in [0.25, 0.3) is 0 Å². The molecular formula is C14H20N4OS. The third-order valence-corrected chi connectivity index (χ3v) is 4.49. The first kappa shape index (κ1) is 13.7. The summed E-state index contributed by atoms with van der Waals surface area (Å²) in [5.74, 6) is 1.83. The highest BCUT2D eigenvalue weighted by atomic mass is 32.2. The van der Waals surface area contributed by atoms with E-state index in [0.29, 0.717) is 5.92 Å². The van der Waals surface area contributed by atoms with Crippen molar-refractivity contribution in [2.75, 3.05) is 37.3 Å². The van der Waals surface area contributed by atoms with Crippen LogP contribution in [-0.2, 0) is 4.79 Å². The fourth-order valence-corrected chi connectivity index (χ4v) is 2.90. The monoisotopic (exact) mass is 292 g/mol. The largest absolute Gasteiger partial charge is 0.353 e. The highest BCUT2D eigenvalue weighted by Gasteiger charge is 2.27. The minimum atomic E-state index is 0.163. The summed E-state index contributed by atoms with van der Waals surface area (Å²) in [7, 11) is 0. The van der Waals surface area contributed by atoms with Crippen molar-refractivity contribution in [3.63, 3.8) is 0 Å². The van der Waals surface area contributed by atoms with E-state index in [1.165, 1.54) is 18.5 Å². The van der Waals surface area contributed by atoms with Crippen LogP contribution in [0.5, 0.6) is 0 Å². The van der Waals surface area contributed by atoms with Crippen LogP contribution in [-0.4, -0.2) is 53.2 Å². The molecule has 1 aliphatic carbocycles. The van der Waals surface area contributed by atoms with E-state index in [2.05, 4.69) is 20.9 Å². The maximum Gasteiger partial charge on any atom is 0.219 e. The van der Waals surface area contributed by atoms with Crippen LogP contribution < -0.4 is 4.90 Å². The summed E-state index contributed by atoms with van der Waals surface area (Å²) in [4.78, 5) is 24.8. The number of hydrogen-bond donors (Lipinski definition) is 0. The molecule has 0 atom stereocenters. The lowest BCUT2D eigenvalue weighted by atomic mass is 10.2. The number of thioether (sulfide) groups is 1. The summed E-state index contributed by atoms with van der Waals surface area (Å²) in [6.45, 7) is 4.92. The SMILES string of the molecule is CSc1nc(C2CC2)cc(N2CCN(C(C)=O)CC2)n1. The van der Waals surface area contributed by atoms with Gasteiger partial charge >= 0.3 is 0 Å². The number of carbonyl (C=O) groups excluding carboxylic acids is 1. The van der Waals surface area contributed by atoms with Crippen molar-refractivity contribution in [2.45, 2.75) is 30.8 Å². The Morgan fingerprint density at radius 3 is 2.50 bits per heavy atom. The fourth-order valence-electron chi connectivity index (χ4n) is 2.52. The maximum atomic E-state index is 11.4. The second kappa shape index (κ2) is 5.60. The molecule has 20 heavy (non-hydrogen) atoms. The predicted octanol–water partition coefficient (Wildman–Crippen LogP) is 1.74. The van der Waals surface area contributed by atoms with E-state index >= 15 is 0 Å². The summed E-state index contributed by atoms with van der Waals surface area (Å²) in [6.07, 6.45) is 4.52. The predicted molar refractivity (Wildman–Crippen MR) is 80.3 cm³/mol. The number of amides is 1. The molecule has 5 nitrogen and oxygen atoms in total. The van der Waals surface area contributed by atoms with Gasteiger partial charge in [-0.3, -0.25) is 4.79 Å². The van der Waals surface area contributed by atoms with Crippen LogP contribution in [0, 0.1) is 0 Å². The van der Waals surface area contributed by atoms with Gasteiger partial charge in [0.2, 0.25) is 5.91 Å². The molecule has 108 valence electrons. The number of piperazine rings is 1. The molecule has 1 saturated carbocycles. The molecule has 1 amide bonds. The normalized spacial score (nSPS) is 19.3. The summed E-state index contributed by atoms with van der Waals surface area (Å²) >= 11 is 1.60. The van der Waals surface area contributed by atoms with Gasteiger partial charge < -0.3 is 9.80 Å². The van der Waals surface area contributed by atoms with Crippen molar-refractivity contribution in [2.24, 2.45) is 0 Å². The van der Waals surface area contributed by atoms with Crippen molar-refractivity contribution in [1.82, 2.24) is 14.9 Å². The molecule has 3 rings (SSSR count). The Kier molecular flexibility index (Phi) is 3.83. The molecule has 2 fully saturated rings. The Morgan fingerprint density at radius 1 is 1.25 bits per heavy atom. The highest BCUT2D eigenvalue weighted by molar-refractivity contribution is 7.98. The van der Waals surface area contributed by atoms with Crippen LogP contribution in [0.2, 0.25) is 0 Å². The number of anilines is 1. The highest BCUT2D eigenvalue weighted by Crippen LogP contribution is 2.40. The fraction of sp³-hybridized carbons (Fsp3) is 0.643. The van der Waals surface area contributed by atoms with E-state index in [9.17, 15) is 4.79 Å². The zero-order chi connectivity index (χ0) is 14.1. The molecule has 0 aromatic carbocycles. The van der Waals surface area contributed by atoms with Gasteiger partial charge in [-0.2, -0.15) is 0 Å². The van der Waals surface area contributed by atoms with Crippen LogP contribution in [0.1, 0.15) is 31.4 Å². The molecule has 0 spiro atoms. The topological polar surface area (TPSA) is 49.3 Å². The maximum absolute atomic E-state index is 11.4. The number of aromatic nitrogens is 2. The first-order valence-electron chi connectivity index (χ1n) is 7.11. The molecule has 1 aliphatic heterocycles. The van der Waals surface area contributed by atoms with Crippen LogP contribution in [0.3, 0.4) is 0 Å². The van der Waals surface area contributed by atoms with E-state index in [4.69, 9.17) is 0 Å². The van der Waals surface area contributed by atoms with Crippen LogP contribution >= 0.6 is 11.8 Å². The lowest BCUT2D eigenvalue weighted by Gasteiger charge is -2.35. The number of carbonyl (C=O) groups is 1. The van der Waals surface area contributed by atoms with Gasteiger partial charge in [0.15, 0.2) is 5.16 Å². The molecule has 1 aromatic heterocycles. The van der Waals surface area contributed by atoms with Gasteiger partial charge in [-0.15, -0.1) is 0 Å². The van der Waals surface area contributed by atoms with E-state index in [1.54, 1.807) is 18.7 Å². The van der Waals surface area contributed by atoms with Crippen molar-refractivity contribution in [3.8, 4) is 0 Å². The molecule has 6 heteroatoms. The lowest BCUT2D eigenvalue weighted by molar-refractivity contribution is -0.129. The molecule has 0 N–H and O–H groups in total. The molecule has 1 saturated heterocycles. The first-order chi connectivity index (χ1) is 9.67. The zero-order valence-electron chi connectivity index (χ0n) is 12.0. The number of nitrogens with zero attached hydrogens (tertiary/aromatic N) is 4. The van der Waals surface area contributed by atoms with Crippen molar-refractivity contribution < 1.29 is 4.79 Å². The Bertz CT molecular complexity index is 510.